The Labute approximate surface area is 199 Å². The maximum atomic E-state index is 12.8. The molecular weight excluding hydrogens is 430 g/mol. The first-order valence-corrected chi connectivity index (χ1v) is 12.3. The topological polar surface area (TPSA) is 72.2 Å². The highest BCUT2D eigenvalue weighted by Crippen LogP contribution is 2.27. The standard InChI is InChI=1S/C26H29N5OS.H2/c1-4-7-19(5-2)12-18(3)14-28-26(32)21-13-20(15-27-16-21)22-17-29-31-10-9-23(30-25(22)31)24-8-6-11-33-24;/h6,8-13,15-18H,4-5,7,14H2,1-3H3,(H,28,32);1H/b19-12+;/t18-;/m1./s1. The largest absolute Gasteiger partial charge is 0.351 e. The highest BCUT2D eigenvalue weighted by Gasteiger charge is 2.14. The van der Waals surface area contributed by atoms with E-state index in [0.29, 0.717) is 12.1 Å². The summed E-state index contributed by atoms with van der Waals surface area (Å²) in [4.78, 5) is 23.1. The number of hydrogen-bond donors (Lipinski definition) is 1. The molecule has 0 fully saturated rings. The lowest BCUT2D eigenvalue weighted by Crippen LogP contribution is -2.28. The Morgan fingerprint density at radius 1 is 1.27 bits per heavy atom. The second-order valence-electron chi connectivity index (χ2n) is 8.19. The summed E-state index contributed by atoms with van der Waals surface area (Å²) in [6, 6.07) is 7.87. The number of fused-ring (bicyclic) bond motifs is 1. The number of rotatable bonds is 9. The van der Waals surface area contributed by atoms with Crippen LogP contribution in [0.3, 0.4) is 0 Å². The zero-order valence-electron chi connectivity index (χ0n) is 19.3. The average molecular weight is 462 g/mol. The van der Waals surface area contributed by atoms with Gasteiger partial charge in [-0.3, -0.25) is 9.78 Å². The van der Waals surface area contributed by atoms with Crippen LogP contribution in [-0.2, 0) is 0 Å². The minimum Gasteiger partial charge on any atom is -0.351 e. The van der Waals surface area contributed by atoms with Gasteiger partial charge >= 0.3 is 0 Å². The van der Waals surface area contributed by atoms with E-state index < -0.39 is 0 Å². The van der Waals surface area contributed by atoms with Crippen LogP contribution in [0.15, 0.2) is 66.1 Å². The van der Waals surface area contributed by atoms with Crippen LogP contribution >= 0.6 is 11.3 Å². The van der Waals surface area contributed by atoms with Crippen LogP contribution < -0.4 is 5.32 Å². The molecule has 0 unspecified atom stereocenters. The number of nitrogens with zero attached hydrogens (tertiary/aromatic N) is 4. The number of hydrogen-bond acceptors (Lipinski definition) is 5. The van der Waals surface area contributed by atoms with Gasteiger partial charge in [0.05, 0.1) is 22.3 Å². The van der Waals surface area contributed by atoms with Crippen LogP contribution in [0.2, 0.25) is 0 Å². The molecule has 1 amide bonds. The van der Waals surface area contributed by atoms with Crippen molar-refractivity contribution in [1.82, 2.24) is 24.9 Å². The Bertz CT molecular complexity index is 1270. The van der Waals surface area contributed by atoms with E-state index >= 15 is 0 Å². The Morgan fingerprint density at radius 3 is 2.91 bits per heavy atom. The summed E-state index contributed by atoms with van der Waals surface area (Å²) in [6.07, 6.45) is 12.6. The smallest absolute Gasteiger partial charge is 0.252 e. The molecule has 0 radical (unpaired) electrons. The average Bonchev–Trinajstić information content (AvgIpc) is 3.52. The summed E-state index contributed by atoms with van der Waals surface area (Å²) in [5.41, 5.74) is 5.28. The van der Waals surface area contributed by atoms with Gasteiger partial charge in [-0.25, -0.2) is 9.50 Å². The molecule has 0 aliphatic heterocycles. The normalized spacial score (nSPS) is 12.8. The van der Waals surface area contributed by atoms with E-state index in [1.54, 1.807) is 34.4 Å². The first-order valence-electron chi connectivity index (χ1n) is 11.4. The third-order valence-corrected chi connectivity index (χ3v) is 6.48. The van der Waals surface area contributed by atoms with Gasteiger partial charge in [0.2, 0.25) is 0 Å². The van der Waals surface area contributed by atoms with Gasteiger partial charge < -0.3 is 5.32 Å². The summed E-state index contributed by atoms with van der Waals surface area (Å²) in [5.74, 6) is 0.160. The maximum absolute atomic E-state index is 12.8. The summed E-state index contributed by atoms with van der Waals surface area (Å²) in [6.45, 7) is 7.11. The second-order valence-corrected chi connectivity index (χ2v) is 9.14. The van der Waals surface area contributed by atoms with Gasteiger partial charge in [-0.05, 0) is 42.3 Å². The molecule has 1 N–H and O–H groups in total. The minimum atomic E-state index is -0.123. The van der Waals surface area contributed by atoms with Crippen molar-refractivity contribution in [1.29, 1.82) is 0 Å². The number of nitrogens with one attached hydrogen (secondary N) is 1. The van der Waals surface area contributed by atoms with Crippen molar-refractivity contribution >= 4 is 22.9 Å². The molecule has 172 valence electrons. The molecule has 0 spiro atoms. The molecule has 0 aromatic carbocycles. The highest BCUT2D eigenvalue weighted by molar-refractivity contribution is 7.13. The van der Waals surface area contributed by atoms with Crippen LogP contribution in [0.25, 0.3) is 27.3 Å². The van der Waals surface area contributed by atoms with Gasteiger partial charge in [0, 0.05) is 37.7 Å². The van der Waals surface area contributed by atoms with Crippen molar-refractivity contribution in [2.75, 3.05) is 6.54 Å². The van der Waals surface area contributed by atoms with Gasteiger partial charge in [0.25, 0.3) is 5.91 Å². The number of allylic oxidation sites excluding steroid dienone is 1. The van der Waals surface area contributed by atoms with E-state index in [1.165, 1.54) is 5.57 Å². The molecule has 0 aliphatic rings. The summed E-state index contributed by atoms with van der Waals surface area (Å²) >= 11 is 1.65. The first-order chi connectivity index (χ1) is 16.1. The molecular formula is C26H31N5OS. The number of aromatic nitrogens is 4. The zero-order valence-corrected chi connectivity index (χ0v) is 20.1. The van der Waals surface area contributed by atoms with Crippen LogP contribution in [0.5, 0.6) is 0 Å². The highest BCUT2D eigenvalue weighted by atomic mass is 32.1. The Balaban J connectivity index is 0.00000324. The summed E-state index contributed by atoms with van der Waals surface area (Å²) < 4.78 is 1.74. The first kappa shape index (κ1) is 22.9. The lowest BCUT2D eigenvalue weighted by Gasteiger charge is -2.12. The molecule has 0 saturated heterocycles. The molecule has 6 nitrogen and oxygen atoms in total. The predicted molar refractivity (Wildman–Crippen MR) is 136 cm³/mol. The molecule has 7 heteroatoms. The van der Waals surface area contributed by atoms with Crippen molar-refractivity contribution in [3.05, 3.63) is 71.6 Å². The maximum Gasteiger partial charge on any atom is 0.252 e. The number of amides is 1. The third kappa shape index (κ3) is 5.37. The monoisotopic (exact) mass is 461 g/mol. The van der Waals surface area contributed by atoms with E-state index in [4.69, 9.17) is 4.98 Å². The third-order valence-electron chi connectivity index (χ3n) is 5.58. The fourth-order valence-electron chi connectivity index (χ4n) is 3.86. The van der Waals surface area contributed by atoms with E-state index in [1.807, 2.05) is 35.8 Å². The fourth-order valence-corrected chi connectivity index (χ4v) is 4.56. The molecule has 4 rings (SSSR count). The Morgan fingerprint density at radius 2 is 2.15 bits per heavy atom. The van der Waals surface area contributed by atoms with E-state index in [0.717, 1.165) is 46.6 Å². The predicted octanol–water partition coefficient (Wildman–Crippen LogP) is 6.27. The SMILES string of the molecule is CCC/C(=C/[C@@H](C)CNC(=O)c1cncc(-c2cnn3ccc(-c4cccs4)nc23)c1)CC.[HH]. The number of carbonyl (C=O) groups is 1. The van der Waals surface area contributed by atoms with Gasteiger partial charge in [-0.1, -0.05) is 44.9 Å². The van der Waals surface area contributed by atoms with Crippen molar-refractivity contribution in [2.24, 2.45) is 5.92 Å². The van der Waals surface area contributed by atoms with Crippen LogP contribution in [-0.4, -0.2) is 32.0 Å². The Kier molecular flexibility index (Phi) is 7.29. The quantitative estimate of drug-likeness (QED) is 0.298. The number of pyridine rings is 1. The summed E-state index contributed by atoms with van der Waals surface area (Å²) in [5, 5.41) is 9.51. The molecule has 0 saturated carbocycles. The molecule has 0 aliphatic carbocycles. The number of thiophene rings is 1. The molecule has 4 aromatic heterocycles. The van der Waals surface area contributed by atoms with Crippen molar-refractivity contribution in [2.45, 2.75) is 40.0 Å². The molecule has 33 heavy (non-hydrogen) atoms. The van der Waals surface area contributed by atoms with Crippen molar-refractivity contribution < 1.29 is 6.22 Å². The van der Waals surface area contributed by atoms with Gasteiger partial charge in [-0.15, -0.1) is 11.3 Å². The molecule has 0 bridgehead atoms. The summed E-state index contributed by atoms with van der Waals surface area (Å²) in [7, 11) is 0. The van der Waals surface area contributed by atoms with E-state index in [9.17, 15) is 4.79 Å². The van der Waals surface area contributed by atoms with Gasteiger partial charge in [0.1, 0.15) is 0 Å². The lowest BCUT2D eigenvalue weighted by atomic mass is 10.0. The molecule has 4 heterocycles. The van der Waals surface area contributed by atoms with E-state index in [-0.39, 0.29) is 13.3 Å². The van der Waals surface area contributed by atoms with Crippen LogP contribution in [0.4, 0.5) is 0 Å². The van der Waals surface area contributed by atoms with Crippen molar-refractivity contribution in [3.8, 4) is 21.7 Å². The fraction of sp³-hybridized carbons (Fsp3) is 0.308. The van der Waals surface area contributed by atoms with E-state index in [2.05, 4.69) is 42.2 Å². The zero-order chi connectivity index (χ0) is 23.2. The van der Waals surface area contributed by atoms with Gasteiger partial charge in [0.15, 0.2) is 5.65 Å². The minimum absolute atomic E-state index is 0. The van der Waals surface area contributed by atoms with Crippen LogP contribution in [0, 0.1) is 5.92 Å². The molecule has 1 atom stereocenters. The van der Waals surface area contributed by atoms with Gasteiger partial charge in [-0.2, -0.15) is 5.10 Å². The number of carbonyl (C=O) groups excluding carboxylic acids is 1. The molecule has 4 aromatic rings. The second kappa shape index (κ2) is 10.5. The van der Waals surface area contributed by atoms with Crippen molar-refractivity contribution in [3.63, 3.8) is 0 Å². The lowest BCUT2D eigenvalue weighted by molar-refractivity contribution is 0.0950. The van der Waals surface area contributed by atoms with Crippen LogP contribution in [0.1, 0.15) is 51.8 Å². The Hall–Kier alpha value is -3.32.